The van der Waals surface area contributed by atoms with E-state index >= 15 is 0 Å². The van der Waals surface area contributed by atoms with Gasteiger partial charge in [0, 0.05) is 6.42 Å². The van der Waals surface area contributed by atoms with Crippen molar-refractivity contribution in [3.63, 3.8) is 0 Å². The van der Waals surface area contributed by atoms with Crippen LogP contribution in [0.15, 0.2) is 188 Å². The molecular weight excluding hydrogens is 777 g/mol. The largest absolute Gasteiger partial charge is 0.497 e. The summed E-state index contributed by atoms with van der Waals surface area (Å²) >= 11 is 0. The third kappa shape index (κ3) is 7.06. The third-order valence-electron chi connectivity index (χ3n) is 12.2. The van der Waals surface area contributed by atoms with E-state index in [-0.39, 0.29) is 0 Å². The van der Waals surface area contributed by atoms with Gasteiger partial charge in [0.2, 0.25) is 0 Å². The molecule has 312 valence electrons. The van der Waals surface area contributed by atoms with Gasteiger partial charge >= 0.3 is 0 Å². The Morgan fingerprint density at radius 1 is 0.613 bits per heavy atom. The summed E-state index contributed by atoms with van der Waals surface area (Å²) in [6, 6.07) is 60.4. The first kappa shape index (κ1) is 40.6. The third-order valence-corrected chi connectivity index (χ3v) is 12.2. The predicted octanol–water partition coefficient (Wildman–Crippen LogP) is 8.71. The van der Waals surface area contributed by atoms with Gasteiger partial charge in [-0.25, -0.2) is 9.50 Å². The van der Waals surface area contributed by atoms with Crippen molar-refractivity contribution in [2.45, 2.75) is 35.4 Å². The Labute approximate surface area is 361 Å². The molecule has 0 unspecified atom stereocenters. The molecule has 9 rings (SSSR count). The highest BCUT2D eigenvalue weighted by atomic mass is 16.6. The lowest BCUT2D eigenvalue weighted by molar-refractivity contribution is -0.173. The van der Waals surface area contributed by atoms with Crippen molar-refractivity contribution in [3.05, 3.63) is 227 Å². The fraction of sp³-hybridized carbons (Fsp3) is 0.192. The van der Waals surface area contributed by atoms with Crippen molar-refractivity contribution in [1.29, 1.82) is 0 Å². The first-order valence-corrected chi connectivity index (χ1v) is 20.7. The smallest absolute Gasteiger partial charge is 0.155 e. The maximum Gasteiger partial charge on any atom is 0.155 e. The zero-order valence-corrected chi connectivity index (χ0v) is 34.5. The van der Waals surface area contributed by atoms with Crippen molar-refractivity contribution >= 4 is 11.3 Å². The highest BCUT2D eigenvalue weighted by Gasteiger charge is 2.54. The number of aromatic nitrogens is 3. The summed E-state index contributed by atoms with van der Waals surface area (Å²) in [5.41, 5.74) is 3.47. The van der Waals surface area contributed by atoms with Crippen LogP contribution < -0.4 is 14.8 Å². The number of methoxy groups -OCH3 is 2. The summed E-state index contributed by atoms with van der Waals surface area (Å²) in [4.78, 5) is 4.86. The van der Waals surface area contributed by atoms with Gasteiger partial charge in [-0.2, -0.15) is 5.10 Å². The predicted molar refractivity (Wildman–Crippen MR) is 238 cm³/mol. The van der Waals surface area contributed by atoms with E-state index in [9.17, 15) is 10.2 Å². The van der Waals surface area contributed by atoms with Gasteiger partial charge in [-0.1, -0.05) is 146 Å². The summed E-state index contributed by atoms with van der Waals surface area (Å²) < 4.78 is 27.2. The summed E-state index contributed by atoms with van der Waals surface area (Å²) in [6.07, 6.45) is 0.385. The Kier molecular flexibility index (Phi) is 11.3. The molecule has 62 heavy (non-hydrogen) atoms. The van der Waals surface area contributed by atoms with E-state index in [1.54, 1.807) is 14.2 Å². The molecule has 10 nitrogen and oxygen atoms in total. The molecular formula is C52H48N4O6. The van der Waals surface area contributed by atoms with Crippen molar-refractivity contribution in [2.75, 3.05) is 32.8 Å². The standard InChI is InChI=1S/C52H48N4O6/c1-59-43-27-23-39(24-28-43)51(37-15-7-3-8-16-37,38-17-9-4-10-18-38)55-49-46-32-31-45(56(46)54-36-53-49)47-33-48(50(34-57,35-58)61-47)62-52(40-19-11-5-12-20-40,41-21-13-6-14-22-41)42-25-29-44(60-2)30-26-42/h3-32,36,47-48,57-58H,33-35H2,1-2H3,(H,53,54,55)/t47-,48+/m1/s1. The van der Waals surface area contributed by atoms with Crippen molar-refractivity contribution in [2.24, 2.45) is 0 Å². The lowest BCUT2D eigenvalue weighted by atomic mass is 9.77. The molecule has 2 atom stereocenters. The van der Waals surface area contributed by atoms with Gasteiger partial charge in [0.05, 0.1) is 39.2 Å². The van der Waals surface area contributed by atoms with Gasteiger partial charge in [-0.3, -0.25) is 0 Å². The van der Waals surface area contributed by atoms with Gasteiger partial charge in [-0.05, 0) is 69.8 Å². The van der Waals surface area contributed by atoms with E-state index in [1.807, 2.05) is 150 Å². The van der Waals surface area contributed by atoms with Crippen LogP contribution in [0, 0.1) is 0 Å². The number of hydrogen-bond donors (Lipinski definition) is 3. The van der Waals surface area contributed by atoms with Crippen molar-refractivity contribution < 1.29 is 29.2 Å². The summed E-state index contributed by atoms with van der Waals surface area (Å²) in [5.74, 6) is 2.04. The van der Waals surface area contributed by atoms with Gasteiger partial charge < -0.3 is 34.5 Å². The molecule has 1 fully saturated rings. The van der Waals surface area contributed by atoms with Gasteiger partial charge in [0.25, 0.3) is 0 Å². The number of rotatable bonds is 15. The fourth-order valence-electron chi connectivity index (χ4n) is 8.98. The Morgan fingerprint density at radius 2 is 1.06 bits per heavy atom. The SMILES string of the molecule is COc1ccc(C(Nc2ncnn3c([C@H]4C[C@H](OC(c5ccccc5)(c5ccccc5)c5ccc(OC)cc5)C(CO)(CO)O4)ccc23)(c2ccccc2)c2ccccc2)cc1. The minimum Gasteiger partial charge on any atom is -0.497 e. The Bertz CT molecular complexity index is 2610. The molecule has 0 aliphatic carbocycles. The average Bonchev–Trinajstić information content (AvgIpc) is 3.96. The number of fused-ring (bicyclic) bond motifs is 1. The van der Waals surface area contributed by atoms with Crippen LogP contribution in [0.3, 0.4) is 0 Å². The molecule has 3 N–H and O–H groups in total. The van der Waals surface area contributed by atoms with Gasteiger partial charge in [0.1, 0.15) is 46.2 Å². The number of ether oxygens (including phenoxy) is 4. The van der Waals surface area contributed by atoms with Crippen LogP contribution in [0.1, 0.15) is 51.6 Å². The number of anilines is 1. The molecule has 1 saturated heterocycles. The maximum atomic E-state index is 11.2. The molecule has 0 saturated carbocycles. The van der Waals surface area contributed by atoms with Crippen molar-refractivity contribution in [1.82, 2.24) is 14.6 Å². The molecule has 0 spiro atoms. The first-order valence-electron chi connectivity index (χ1n) is 20.7. The molecule has 1 aliphatic rings. The molecule has 0 bridgehead atoms. The fourth-order valence-corrected chi connectivity index (χ4v) is 8.98. The van der Waals surface area contributed by atoms with Crippen LogP contribution in [-0.2, 0) is 20.6 Å². The molecule has 8 aromatic rings. The molecule has 10 heteroatoms. The lowest BCUT2D eigenvalue weighted by Gasteiger charge is -2.41. The van der Waals surface area contributed by atoms with Crippen LogP contribution in [0.25, 0.3) is 5.52 Å². The number of aliphatic hydroxyl groups excluding tert-OH is 2. The van der Waals surface area contributed by atoms with E-state index in [4.69, 9.17) is 29.0 Å². The van der Waals surface area contributed by atoms with Gasteiger partial charge in [0.15, 0.2) is 5.82 Å². The normalized spacial score (nSPS) is 16.3. The Hall–Kier alpha value is -6.82. The van der Waals surface area contributed by atoms with E-state index in [0.717, 1.165) is 39.1 Å². The van der Waals surface area contributed by atoms with E-state index < -0.39 is 42.2 Å². The van der Waals surface area contributed by atoms with E-state index in [1.165, 1.54) is 6.33 Å². The topological polar surface area (TPSA) is 120 Å². The number of nitrogens with zero attached hydrogens (tertiary/aromatic N) is 3. The number of aliphatic hydroxyl groups is 2. The van der Waals surface area contributed by atoms with Crippen LogP contribution in [0.2, 0.25) is 0 Å². The molecule has 0 radical (unpaired) electrons. The lowest BCUT2D eigenvalue weighted by Crippen LogP contribution is -2.51. The molecule has 3 heterocycles. The molecule has 1 aliphatic heterocycles. The zero-order chi connectivity index (χ0) is 42.6. The minimum absolute atomic E-state index is 0.293. The highest BCUT2D eigenvalue weighted by Crippen LogP contribution is 2.49. The minimum atomic E-state index is -1.48. The highest BCUT2D eigenvalue weighted by molar-refractivity contribution is 5.72. The van der Waals surface area contributed by atoms with Crippen LogP contribution in [0.4, 0.5) is 5.82 Å². The Morgan fingerprint density at radius 3 is 1.55 bits per heavy atom. The summed E-state index contributed by atoms with van der Waals surface area (Å²) in [6.45, 7) is -0.979. The second kappa shape index (κ2) is 17.3. The average molecular weight is 825 g/mol. The maximum absolute atomic E-state index is 11.2. The number of hydrogen-bond acceptors (Lipinski definition) is 9. The van der Waals surface area contributed by atoms with Gasteiger partial charge in [-0.15, -0.1) is 0 Å². The molecule has 6 aromatic carbocycles. The quantitative estimate of drug-likeness (QED) is 0.0873. The summed E-state index contributed by atoms with van der Waals surface area (Å²) in [7, 11) is 3.30. The number of benzene rings is 6. The van der Waals surface area contributed by atoms with E-state index in [0.29, 0.717) is 29.2 Å². The monoisotopic (exact) mass is 824 g/mol. The van der Waals surface area contributed by atoms with Crippen LogP contribution in [0.5, 0.6) is 11.5 Å². The Balaban J connectivity index is 1.14. The molecule has 0 amide bonds. The van der Waals surface area contributed by atoms with Crippen molar-refractivity contribution in [3.8, 4) is 11.5 Å². The van der Waals surface area contributed by atoms with Crippen LogP contribution >= 0.6 is 0 Å². The second-order valence-corrected chi connectivity index (χ2v) is 15.5. The van der Waals surface area contributed by atoms with E-state index in [2.05, 4.69) is 41.7 Å². The number of nitrogens with one attached hydrogen (secondary N) is 1. The zero-order valence-electron chi connectivity index (χ0n) is 34.5. The summed E-state index contributed by atoms with van der Waals surface area (Å²) in [5, 5.41) is 31.0. The first-order chi connectivity index (χ1) is 30.5. The second-order valence-electron chi connectivity index (χ2n) is 15.5. The molecule has 2 aromatic heterocycles. The van der Waals surface area contributed by atoms with Crippen LogP contribution in [-0.4, -0.2) is 63.9 Å².